The summed E-state index contributed by atoms with van der Waals surface area (Å²) >= 11 is 0. The Hall–Kier alpha value is -1.14. The molecule has 5 nitrogen and oxygen atoms in total. The van der Waals surface area contributed by atoms with Gasteiger partial charge in [0.2, 0.25) is 0 Å². The fourth-order valence-corrected chi connectivity index (χ4v) is 1.94. The lowest BCUT2D eigenvalue weighted by Gasteiger charge is -2.27. The number of aryl methyl sites for hydroxylation is 1. The normalized spacial score (nSPS) is 14.2. The largest absolute Gasteiger partial charge is 0.487 e. The van der Waals surface area contributed by atoms with Crippen molar-refractivity contribution in [2.75, 3.05) is 19.8 Å². The van der Waals surface area contributed by atoms with Crippen molar-refractivity contribution in [2.45, 2.75) is 45.7 Å². The van der Waals surface area contributed by atoms with E-state index in [9.17, 15) is 10.2 Å². The van der Waals surface area contributed by atoms with Crippen LogP contribution in [-0.2, 0) is 9.47 Å². The molecule has 0 fully saturated rings. The average molecular weight is 298 g/mol. The first-order valence-electron chi connectivity index (χ1n) is 7.36. The molecule has 0 bridgehead atoms. The van der Waals surface area contributed by atoms with Crippen LogP contribution in [0.3, 0.4) is 0 Å². The fraction of sp³-hybridized carbons (Fsp3) is 0.625. The highest BCUT2D eigenvalue weighted by Crippen LogP contribution is 2.18. The van der Waals surface area contributed by atoms with Gasteiger partial charge in [-0.25, -0.2) is 0 Å². The van der Waals surface area contributed by atoms with Crippen molar-refractivity contribution in [3.05, 3.63) is 29.8 Å². The highest BCUT2D eigenvalue weighted by molar-refractivity contribution is 5.26. The van der Waals surface area contributed by atoms with Gasteiger partial charge >= 0.3 is 0 Å². The number of rotatable bonds is 10. The van der Waals surface area contributed by atoms with Crippen LogP contribution in [0.4, 0.5) is 0 Å². The second-order valence-corrected chi connectivity index (χ2v) is 4.80. The van der Waals surface area contributed by atoms with Crippen LogP contribution in [0, 0.1) is 6.92 Å². The van der Waals surface area contributed by atoms with Crippen LogP contribution in [0.15, 0.2) is 24.3 Å². The van der Waals surface area contributed by atoms with Crippen LogP contribution in [0.1, 0.15) is 25.8 Å². The molecule has 0 saturated carbocycles. The van der Waals surface area contributed by atoms with Gasteiger partial charge in [0.05, 0.1) is 6.61 Å². The minimum atomic E-state index is -0.991. The van der Waals surface area contributed by atoms with Crippen LogP contribution < -0.4 is 4.74 Å². The number of aliphatic hydroxyl groups is 2. The van der Waals surface area contributed by atoms with Gasteiger partial charge in [-0.2, -0.15) is 0 Å². The van der Waals surface area contributed by atoms with E-state index in [1.54, 1.807) is 0 Å². The smallest absolute Gasteiger partial charge is 0.161 e. The van der Waals surface area contributed by atoms with Crippen molar-refractivity contribution >= 4 is 0 Å². The summed E-state index contributed by atoms with van der Waals surface area (Å²) in [6.45, 7) is 6.40. The topological polar surface area (TPSA) is 68.2 Å². The van der Waals surface area contributed by atoms with E-state index in [-0.39, 0.29) is 6.61 Å². The Balaban J connectivity index is 2.72. The first kappa shape index (κ1) is 17.9. The Morgan fingerprint density at radius 1 is 1.05 bits per heavy atom. The summed E-state index contributed by atoms with van der Waals surface area (Å²) in [5, 5.41) is 19.1. The molecule has 0 radical (unpaired) electrons. The molecule has 120 valence electrons. The molecule has 0 heterocycles. The molecule has 0 aromatic heterocycles. The molecule has 2 N–H and O–H groups in total. The van der Waals surface area contributed by atoms with Crippen LogP contribution in [-0.4, -0.2) is 48.5 Å². The van der Waals surface area contributed by atoms with Crippen molar-refractivity contribution in [2.24, 2.45) is 0 Å². The minimum Gasteiger partial charge on any atom is -0.487 e. The van der Waals surface area contributed by atoms with Crippen molar-refractivity contribution in [1.82, 2.24) is 0 Å². The fourth-order valence-electron chi connectivity index (χ4n) is 1.94. The molecule has 0 aliphatic heterocycles. The Morgan fingerprint density at radius 3 is 2.10 bits per heavy atom. The highest BCUT2D eigenvalue weighted by Gasteiger charge is 2.25. The van der Waals surface area contributed by atoms with Gasteiger partial charge in [0, 0.05) is 19.6 Å². The van der Waals surface area contributed by atoms with E-state index in [1.165, 1.54) is 0 Å². The van der Waals surface area contributed by atoms with E-state index in [0.717, 1.165) is 5.56 Å². The lowest BCUT2D eigenvalue weighted by Crippen LogP contribution is -2.39. The molecule has 0 saturated heterocycles. The van der Waals surface area contributed by atoms with Gasteiger partial charge in [0.25, 0.3) is 0 Å². The van der Waals surface area contributed by atoms with Crippen molar-refractivity contribution in [1.29, 1.82) is 0 Å². The van der Waals surface area contributed by atoms with Crippen LogP contribution in [0.2, 0.25) is 0 Å². The minimum absolute atomic E-state index is 0.345. The first-order valence-corrected chi connectivity index (χ1v) is 7.36. The zero-order chi connectivity index (χ0) is 15.7. The predicted octanol–water partition coefficient (Wildman–Crippen LogP) is 1.88. The molecule has 0 spiro atoms. The van der Waals surface area contributed by atoms with Gasteiger partial charge in [0.1, 0.15) is 18.0 Å². The van der Waals surface area contributed by atoms with E-state index in [0.29, 0.717) is 25.4 Å². The van der Waals surface area contributed by atoms with E-state index in [2.05, 4.69) is 0 Å². The number of ether oxygens (including phenoxy) is 3. The number of hydrogen-bond acceptors (Lipinski definition) is 5. The maximum absolute atomic E-state index is 9.93. The maximum atomic E-state index is 9.93. The second kappa shape index (κ2) is 9.73. The van der Waals surface area contributed by atoms with E-state index >= 15 is 0 Å². The molecule has 2 atom stereocenters. The van der Waals surface area contributed by atoms with Crippen LogP contribution >= 0.6 is 0 Å². The lowest BCUT2D eigenvalue weighted by molar-refractivity contribution is -0.160. The third kappa shape index (κ3) is 6.44. The van der Waals surface area contributed by atoms with E-state index in [4.69, 9.17) is 14.2 Å². The van der Waals surface area contributed by atoms with Crippen LogP contribution in [0.5, 0.6) is 5.75 Å². The predicted molar refractivity (Wildman–Crippen MR) is 80.3 cm³/mol. The first-order chi connectivity index (χ1) is 10.1. The number of benzene rings is 1. The van der Waals surface area contributed by atoms with E-state index < -0.39 is 18.5 Å². The van der Waals surface area contributed by atoms with Gasteiger partial charge < -0.3 is 24.4 Å². The standard InChI is InChI=1S/C16H26O5/c1-4-19-16(20-5-2)10-15(14(18)11-17)21-13-8-6-12(3)7-9-13/h6-9,14-18H,4-5,10-11H2,1-3H3/t14-,15+/m1/s1. The SMILES string of the molecule is CCOC(C[C@H](Oc1ccc(C)cc1)[C@H](O)CO)OCC. The lowest BCUT2D eigenvalue weighted by atomic mass is 10.1. The van der Waals surface area contributed by atoms with E-state index in [1.807, 2.05) is 45.0 Å². The van der Waals surface area contributed by atoms with Gasteiger partial charge in [-0.3, -0.25) is 0 Å². The summed E-state index contributed by atoms with van der Waals surface area (Å²) in [6.07, 6.45) is -1.70. The van der Waals surface area contributed by atoms with Gasteiger partial charge in [0.15, 0.2) is 6.29 Å². The van der Waals surface area contributed by atoms with Gasteiger partial charge in [-0.1, -0.05) is 17.7 Å². The summed E-state index contributed by atoms with van der Waals surface area (Å²) in [4.78, 5) is 0. The summed E-state index contributed by atoms with van der Waals surface area (Å²) in [6, 6.07) is 7.53. The van der Waals surface area contributed by atoms with Crippen molar-refractivity contribution in [3.8, 4) is 5.75 Å². The maximum Gasteiger partial charge on any atom is 0.161 e. The Bertz CT molecular complexity index is 373. The highest BCUT2D eigenvalue weighted by atomic mass is 16.7. The Kier molecular flexibility index (Phi) is 8.30. The number of hydrogen-bond donors (Lipinski definition) is 2. The Labute approximate surface area is 126 Å². The van der Waals surface area contributed by atoms with Crippen molar-refractivity contribution < 1.29 is 24.4 Å². The Morgan fingerprint density at radius 2 is 1.62 bits per heavy atom. The molecular formula is C16H26O5. The molecular weight excluding hydrogens is 272 g/mol. The molecule has 1 aromatic carbocycles. The molecule has 0 aliphatic carbocycles. The van der Waals surface area contributed by atoms with Gasteiger partial charge in [-0.05, 0) is 32.9 Å². The molecule has 1 rings (SSSR count). The molecule has 21 heavy (non-hydrogen) atoms. The summed E-state index contributed by atoms with van der Waals surface area (Å²) in [7, 11) is 0. The molecule has 1 aromatic rings. The average Bonchev–Trinajstić information content (AvgIpc) is 2.48. The summed E-state index contributed by atoms with van der Waals surface area (Å²) in [5.74, 6) is 0.643. The molecule has 0 aliphatic rings. The summed E-state index contributed by atoms with van der Waals surface area (Å²) in [5.41, 5.74) is 1.13. The quantitative estimate of drug-likeness (QED) is 0.646. The number of aliphatic hydroxyl groups excluding tert-OH is 2. The zero-order valence-corrected chi connectivity index (χ0v) is 13.0. The zero-order valence-electron chi connectivity index (χ0n) is 13.0. The van der Waals surface area contributed by atoms with Crippen LogP contribution in [0.25, 0.3) is 0 Å². The monoisotopic (exact) mass is 298 g/mol. The molecule has 0 unspecified atom stereocenters. The third-order valence-electron chi connectivity index (χ3n) is 3.05. The van der Waals surface area contributed by atoms with Crippen molar-refractivity contribution in [3.63, 3.8) is 0 Å². The molecule has 0 amide bonds. The van der Waals surface area contributed by atoms with Gasteiger partial charge in [-0.15, -0.1) is 0 Å². The third-order valence-corrected chi connectivity index (χ3v) is 3.05. The second-order valence-electron chi connectivity index (χ2n) is 4.80. The molecule has 5 heteroatoms. The summed E-state index contributed by atoms with van der Waals surface area (Å²) < 4.78 is 16.7.